The van der Waals surface area contributed by atoms with Gasteiger partial charge in [-0.2, -0.15) is 0 Å². The van der Waals surface area contributed by atoms with Gasteiger partial charge in [0.2, 0.25) is 17.6 Å². The molecule has 6 unspecified atom stereocenters. The van der Waals surface area contributed by atoms with Gasteiger partial charge in [-0.3, -0.25) is 29.0 Å². The molecule has 2 aliphatic carbocycles. The van der Waals surface area contributed by atoms with E-state index in [1.165, 1.54) is 42.4 Å². The van der Waals surface area contributed by atoms with Crippen LogP contribution in [0.4, 0.5) is 27.6 Å². The molecule has 3 aromatic carbocycles. The molecule has 1 saturated carbocycles. The number of ether oxygens (including phenoxy) is 1. The third-order valence-corrected chi connectivity index (χ3v) is 13.6. The van der Waals surface area contributed by atoms with Gasteiger partial charge in [0, 0.05) is 31.6 Å². The first-order chi connectivity index (χ1) is 27.1. The molecule has 9 nitrogen and oxygen atoms in total. The molecule has 3 aliphatic heterocycles. The highest BCUT2D eigenvalue weighted by Crippen LogP contribution is 2.64. The third kappa shape index (κ3) is 5.80. The number of phenolic OH excluding ortho intramolecular Hbond substituents is 1. The maximum atomic E-state index is 15.3. The zero-order chi connectivity index (χ0) is 40.7. The summed E-state index contributed by atoms with van der Waals surface area (Å²) in [6.45, 7) is 1.95. The van der Waals surface area contributed by atoms with E-state index in [0.717, 1.165) is 5.56 Å². The Morgan fingerprint density at radius 1 is 0.860 bits per heavy atom. The van der Waals surface area contributed by atoms with Crippen LogP contribution in [-0.2, 0) is 25.7 Å². The molecule has 57 heavy (non-hydrogen) atoms. The van der Waals surface area contributed by atoms with Gasteiger partial charge in [0.05, 0.1) is 18.9 Å². The van der Waals surface area contributed by atoms with E-state index < -0.39 is 104 Å². The fourth-order valence-corrected chi connectivity index (χ4v) is 10.3. The van der Waals surface area contributed by atoms with E-state index in [4.69, 9.17) is 27.9 Å². The molecule has 3 saturated heterocycles. The van der Waals surface area contributed by atoms with Crippen LogP contribution in [0.3, 0.4) is 0 Å². The maximum absolute atomic E-state index is 15.3. The smallest absolute Gasteiger partial charge is 0.258 e. The summed E-state index contributed by atoms with van der Waals surface area (Å²) >= 11 is 14.4. The molecule has 8 rings (SSSR count). The van der Waals surface area contributed by atoms with Gasteiger partial charge in [0.25, 0.3) is 11.8 Å². The number of nitrogens with zero attached hydrogens (tertiary/aromatic N) is 3. The van der Waals surface area contributed by atoms with Crippen LogP contribution in [0.1, 0.15) is 36.8 Å². The van der Waals surface area contributed by atoms with E-state index in [1.54, 1.807) is 6.08 Å². The Kier molecular flexibility index (Phi) is 9.76. The van der Waals surface area contributed by atoms with E-state index >= 15 is 8.78 Å². The van der Waals surface area contributed by atoms with Crippen molar-refractivity contribution in [1.82, 2.24) is 9.80 Å². The second kappa shape index (κ2) is 14.2. The quantitative estimate of drug-likeness (QED) is 0.0692. The number of phenols is 1. The molecule has 1 N–H and O–H groups in total. The van der Waals surface area contributed by atoms with Crippen LogP contribution in [0.15, 0.2) is 66.3 Å². The number of piperidine rings is 1. The number of hydrogen-bond acceptors (Lipinski definition) is 7. The van der Waals surface area contributed by atoms with E-state index in [2.05, 4.69) is 4.90 Å². The molecule has 0 radical (unpaired) electrons. The van der Waals surface area contributed by atoms with Crippen LogP contribution in [0.5, 0.6) is 11.5 Å². The van der Waals surface area contributed by atoms with Gasteiger partial charge in [-0.25, -0.2) is 26.9 Å². The van der Waals surface area contributed by atoms with Gasteiger partial charge in [0.1, 0.15) is 5.69 Å². The molecule has 6 atom stereocenters. The SMILES string of the molecule is COc1cc(C=CC2C3=CCC4C(=O)N(C5CCN(Cc6ccccc6)CC5)C(=O)C4C3CC3(Cl)C(=O)N(c4c(F)c(F)c(F)c(F)c4F)C(=O)C23Cl)ccc1O. The summed E-state index contributed by atoms with van der Waals surface area (Å²) in [5.41, 5.74) is 0.0226. The number of imide groups is 2. The number of likely N-dealkylation sites (tertiary alicyclic amines) is 2. The minimum absolute atomic E-state index is 0.0492. The molecule has 0 spiro atoms. The number of methoxy groups -OCH3 is 1. The van der Waals surface area contributed by atoms with Crippen LogP contribution < -0.4 is 9.64 Å². The molecule has 4 fully saturated rings. The topological polar surface area (TPSA) is 107 Å². The summed E-state index contributed by atoms with van der Waals surface area (Å²) in [5, 5.41) is 10.1. The van der Waals surface area contributed by atoms with Crippen molar-refractivity contribution in [3.05, 3.63) is 106 Å². The number of fused-ring (bicyclic) bond motifs is 4. The second-order valence-corrected chi connectivity index (χ2v) is 16.3. The van der Waals surface area contributed by atoms with Crippen LogP contribution in [0.25, 0.3) is 6.08 Å². The van der Waals surface area contributed by atoms with Gasteiger partial charge < -0.3 is 9.84 Å². The van der Waals surface area contributed by atoms with Gasteiger partial charge >= 0.3 is 0 Å². The average Bonchev–Trinajstić information content (AvgIpc) is 3.55. The Hall–Kier alpha value is -4.79. The summed E-state index contributed by atoms with van der Waals surface area (Å²) in [5.74, 6) is -20.7. The van der Waals surface area contributed by atoms with Crippen LogP contribution in [-0.4, -0.2) is 74.5 Å². The first kappa shape index (κ1) is 39.1. The van der Waals surface area contributed by atoms with E-state index in [0.29, 0.717) is 43.6 Å². The Balaban J connectivity index is 1.17. The Labute approximate surface area is 333 Å². The predicted molar refractivity (Wildman–Crippen MR) is 197 cm³/mol. The molecule has 0 aromatic heterocycles. The van der Waals surface area contributed by atoms with Crippen molar-refractivity contribution in [2.75, 3.05) is 25.1 Å². The Bertz CT molecular complexity index is 2260. The maximum Gasteiger partial charge on any atom is 0.258 e. The lowest BCUT2D eigenvalue weighted by Crippen LogP contribution is -2.60. The third-order valence-electron chi connectivity index (χ3n) is 12.2. The molecule has 298 valence electrons. The normalized spacial score (nSPS) is 29.2. The van der Waals surface area contributed by atoms with E-state index in [-0.39, 0.29) is 22.8 Å². The van der Waals surface area contributed by atoms with Gasteiger partial charge in [0.15, 0.2) is 44.5 Å². The summed E-state index contributed by atoms with van der Waals surface area (Å²) in [7, 11) is 1.32. The molecule has 4 amide bonds. The highest BCUT2D eigenvalue weighted by Gasteiger charge is 2.76. The molecule has 16 heteroatoms. The summed E-state index contributed by atoms with van der Waals surface area (Å²) in [6.07, 6.45) is 5.00. The standard InChI is InChI=1S/C41H34Cl2F5N3O6/c1-57-28-17-20(8-12-27(28)52)7-11-26-23-9-10-24-29(37(54)50(36(24)53)22-13-15-49(16-14-22)19-21-5-3-2-4-6-21)25(23)18-40(42)38(55)51(39(56)41(26,40)43)35-33(47)31(45)30(44)32(46)34(35)48/h2-9,11-12,17,22,24-26,29,52H,10,13-16,18-19H2,1H3. The zero-order valence-corrected chi connectivity index (χ0v) is 31.7. The number of hydrogen-bond donors (Lipinski definition) is 1. The van der Waals surface area contributed by atoms with Crippen LogP contribution in [0.2, 0.25) is 0 Å². The Morgan fingerprint density at radius 2 is 1.51 bits per heavy atom. The van der Waals surface area contributed by atoms with Crippen molar-refractivity contribution in [3.63, 3.8) is 0 Å². The van der Waals surface area contributed by atoms with E-state index in [1.807, 2.05) is 30.3 Å². The fourth-order valence-electron chi connectivity index (χ4n) is 9.38. The van der Waals surface area contributed by atoms with Crippen molar-refractivity contribution in [1.29, 1.82) is 0 Å². The van der Waals surface area contributed by atoms with Crippen molar-refractivity contribution in [3.8, 4) is 11.5 Å². The Morgan fingerprint density at radius 3 is 2.16 bits per heavy atom. The van der Waals surface area contributed by atoms with Gasteiger partial charge in [-0.15, -0.1) is 23.2 Å². The zero-order valence-electron chi connectivity index (χ0n) is 30.2. The molecule has 0 bridgehead atoms. The van der Waals surface area contributed by atoms with Crippen LogP contribution >= 0.6 is 23.2 Å². The number of anilines is 1. The van der Waals surface area contributed by atoms with Crippen LogP contribution in [0, 0.1) is 52.8 Å². The molecular weight excluding hydrogens is 796 g/mol. The fraction of sp³-hybridized carbons (Fsp3) is 0.366. The van der Waals surface area contributed by atoms with Crippen molar-refractivity contribution >= 4 is 58.6 Å². The predicted octanol–water partition coefficient (Wildman–Crippen LogP) is 6.87. The highest BCUT2D eigenvalue weighted by atomic mass is 35.5. The second-order valence-electron chi connectivity index (χ2n) is 15.1. The molecule has 5 aliphatic rings. The van der Waals surface area contributed by atoms with Gasteiger partial charge in [-0.05, 0) is 54.9 Å². The van der Waals surface area contributed by atoms with E-state index in [9.17, 15) is 37.5 Å². The van der Waals surface area contributed by atoms with Gasteiger partial charge in [-0.1, -0.05) is 60.2 Å². The lowest BCUT2D eigenvalue weighted by Gasteiger charge is -2.49. The first-order valence-electron chi connectivity index (χ1n) is 18.3. The lowest BCUT2D eigenvalue weighted by atomic mass is 9.57. The summed E-state index contributed by atoms with van der Waals surface area (Å²) < 4.78 is 79.0. The molecule has 3 heterocycles. The monoisotopic (exact) mass is 829 g/mol. The minimum Gasteiger partial charge on any atom is -0.504 e. The highest BCUT2D eigenvalue weighted by molar-refractivity contribution is 6.58. The number of carbonyl (C=O) groups is 4. The summed E-state index contributed by atoms with van der Waals surface area (Å²) in [4.78, 5) is 55.5. The molecular formula is C41H34Cl2F5N3O6. The number of alkyl halides is 2. The number of carbonyl (C=O) groups excluding carboxylic acids is 4. The largest absolute Gasteiger partial charge is 0.504 e. The number of benzene rings is 3. The average molecular weight is 831 g/mol. The number of allylic oxidation sites excluding steroid dienone is 3. The van der Waals surface area contributed by atoms with Crippen molar-refractivity contribution in [2.24, 2.45) is 23.7 Å². The number of rotatable bonds is 7. The minimum atomic E-state index is -2.63. The number of halogens is 7. The number of aromatic hydroxyl groups is 1. The number of amides is 4. The van der Waals surface area contributed by atoms with Crippen molar-refractivity contribution in [2.45, 2.75) is 48.0 Å². The molecule has 3 aromatic rings. The van der Waals surface area contributed by atoms with Crippen molar-refractivity contribution < 1.29 is 51.0 Å². The first-order valence-corrected chi connectivity index (χ1v) is 19.1. The summed E-state index contributed by atoms with van der Waals surface area (Å²) in [6, 6.07) is 13.7. The lowest BCUT2D eigenvalue weighted by molar-refractivity contribution is -0.144.